The van der Waals surface area contributed by atoms with E-state index in [0.717, 1.165) is 37.3 Å². The van der Waals surface area contributed by atoms with E-state index in [2.05, 4.69) is 51.1 Å². The van der Waals surface area contributed by atoms with Gasteiger partial charge in [0.1, 0.15) is 0 Å². The maximum atomic E-state index is 6.31. The van der Waals surface area contributed by atoms with Crippen LogP contribution in [-0.4, -0.2) is 30.1 Å². The molecule has 1 saturated heterocycles. The van der Waals surface area contributed by atoms with E-state index >= 15 is 0 Å². The monoisotopic (exact) mass is 293 g/mol. The summed E-state index contributed by atoms with van der Waals surface area (Å²) in [5.74, 6) is 1.28. The Morgan fingerprint density at radius 3 is 2.57 bits per heavy atom. The molecule has 3 unspecified atom stereocenters. The summed E-state index contributed by atoms with van der Waals surface area (Å²) >= 11 is 0. The first-order valence-electron chi connectivity index (χ1n) is 8.50. The molecule has 122 valence electrons. The normalized spacial score (nSPS) is 21.4. The topological polar surface area (TPSA) is 41.3 Å². The van der Waals surface area contributed by atoms with Gasteiger partial charge in [0.05, 0.1) is 6.04 Å². The second-order valence-corrected chi connectivity index (χ2v) is 7.00. The maximum Gasteiger partial charge on any atom is 0.0680 e. The van der Waals surface area contributed by atoms with Crippen LogP contribution in [-0.2, 0) is 0 Å². The lowest BCUT2D eigenvalue weighted by atomic mass is 10.0. The third-order valence-corrected chi connectivity index (χ3v) is 4.55. The molecular weight excluding hydrogens is 258 g/mol. The highest BCUT2D eigenvalue weighted by atomic mass is 15.2. The average Bonchev–Trinajstić information content (AvgIpc) is 2.91. The van der Waals surface area contributed by atoms with Gasteiger partial charge in [-0.3, -0.25) is 0 Å². The Balaban J connectivity index is 2.57. The van der Waals surface area contributed by atoms with Crippen molar-refractivity contribution in [2.75, 3.05) is 13.1 Å². The van der Waals surface area contributed by atoms with Gasteiger partial charge in [0.25, 0.3) is 0 Å². The van der Waals surface area contributed by atoms with Crippen molar-refractivity contribution < 1.29 is 0 Å². The molecule has 0 saturated carbocycles. The largest absolute Gasteiger partial charge is 0.387 e. The molecule has 0 aromatic rings. The molecule has 0 aliphatic carbocycles. The molecule has 0 amide bonds. The number of nitrogens with zero attached hydrogens (tertiary/aromatic N) is 1. The van der Waals surface area contributed by atoms with Crippen LogP contribution in [0.15, 0.2) is 24.6 Å². The molecule has 0 bridgehead atoms. The zero-order valence-corrected chi connectivity index (χ0v) is 14.5. The Morgan fingerprint density at radius 2 is 2.00 bits per heavy atom. The zero-order chi connectivity index (χ0) is 16.0. The molecule has 3 atom stereocenters. The van der Waals surface area contributed by atoms with Crippen LogP contribution in [0, 0.1) is 11.8 Å². The fraction of sp³-hybridized carbons (Fsp3) is 0.778. The quantitative estimate of drug-likeness (QED) is 0.684. The molecule has 1 aliphatic heterocycles. The van der Waals surface area contributed by atoms with Crippen LogP contribution in [0.5, 0.6) is 0 Å². The van der Waals surface area contributed by atoms with Crippen LogP contribution in [0.25, 0.3) is 0 Å². The molecule has 1 heterocycles. The lowest BCUT2D eigenvalue weighted by molar-refractivity contribution is 0.309. The molecule has 0 aromatic carbocycles. The van der Waals surface area contributed by atoms with Gasteiger partial charge >= 0.3 is 0 Å². The highest BCUT2D eigenvalue weighted by Gasteiger charge is 2.29. The Labute approximate surface area is 131 Å². The number of rotatable bonds is 9. The zero-order valence-electron chi connectivity index (χ0n) is 14.5. The van der Waals surface area contributed by atoms with Crippen LogP contribution in [0.3, 0.4) is 0 Å². The van der Waals surface area contributed by atoms with E-state index in [1.807, 2.05) is 0 Å². The summed E-state index contributed by atoms with van der Waals surface area (Å²) in [6.45, 7) is 19.5. The van der Waals surface area contributed by atoms with Crippen molar-refractivity contribution in [1.82, 2.24) is 10.2 Å². The highest BCUT2D eigenvalue weighted by molar-refractivity contribution is 5.15. The first-order valence-corrected chi connectivity index (χ1v) is 8.50. The predicted molar refractivity (Wildman–Crippen MR) is 92.9 cm³/mol. The number of nitrogens with two attached hydrogens (primary N) is 1. The van der Waals surface area contributed by atoms with Crippen molar-refractivity contribution >= 4 is 0 Å². The van der Waals surface area contributed by atoms with E-state index in [1.54, 1.807) is 0 Å². The molecule has 1 fully saturated rings. The van der Waals surface area contributed by atoms with Crippen LogP contribution in [0.2, 0.25) is 0 Å². The number of hydrogen-bond acceptors (Lipinski definition) is 3. The maximum absolute atomic E-state index is 6.31. The second-order valence-electron chi connectivity index (χ2n) is 7.00. The van der Waals surface area contributed by atoms with Crippen molar-refractivity contribution in [2.24, 2.45) is 17.6 Å². The van der Waals surface area contributed by atoms with Gasteiger partial charge in [-0.05, 0) is 31.1 Å². The van der Waals surface area contributed by atoms with Gasteiger partial charge in [0, 0.05) is 30.5 Å². The fourth-order valence-corrected chi connectivity index (χ4v) is 2.90. The Morgan fingerprint density at radius 1 is 1.33 bits per heavy atom. The van der Waals surface area contributed by atoms with E-state index in [9.17, 15) is 0 Å². The molecular formula is C18H35N3. The summed E-state index contributed by atoms with van der Waals surface area (Å²) in [6.07, 6.45) is 4.54. The molecule has 0 radical (unpaired) electrons. The molecule has 0 aromatic heterocycles. The van der Waals surface area contributed by atoms with Crippen LogP contribution >= 0.6 is 0 Å². The summed E-state index contributed by atoms with van der Waals surface area (Å²) in [4.78, 5) is 2.37. The summed E-state index contributed by atoms with van der Waals surface area (Å²) in [5, 5.41) is 3.52. The predicted octanol–water partition coefficient (Wildman–Crippen LogP) is 3.49. The number of likely N-dealkylation sites (tertiary alicyclic amines) is 1. The second kappa shape index (κ2) is 8.47. The number of hydrogen-bond donors (Lipinski definition) is 2. The summed E-state index contributed by atoms with van der Waals surface area (Å²) in [6, 6.07) is 0.424. The Hall–Kier alpha value is -0.960. The third-order valence-electron chi connectivity index (χ3n) is 4.55. The van der Waals surface area contributed by atoms with Crippen molar-refractivity contribution in [1.29, 1.82) is 0 Å². The van der Waals surface area contributed by atoms with Gasteiger partial charge in [0.15, 0.2) is 0 Å². The van der Waals surface area contributed by atoms with Gasteiger partial charge in [-0.1, -0.05) is 47.3 Å². The van der Waals surface area contributed by atoms with Crippen molar-refractivity contribution in [2.45, 2.75) is 65.5 Å². The number of nitrogens with one attached hydrogen (secondary N) is 1. The van der Waals surface area contributed by atoms with Crippen LogP contribution in [0.4, 0.5) is 0 Å². The average molecular weight is 293 g/mol. The Bertz CT molecular complexity index is 348. The Kier molecular flexibility index (Phi) is 7.30. The molecule has 21 heavy (non-hydrogen) atoms. The molecule has 1 rings (SSSR count). The summed E-state index contributed by atoms with van der Waals surface area (Å²) in [7, 11) is 0. The minimum Gasteiger partial charge on any atom is -0.387 e. The smallest absolute Gasteiger partial charge is 0.0680 e. The summed E-state index contributed by atoms with van der Waals surface area (Å²) in [5.41, 5.74) is 8.52. The minimum absolute atomic E-state index is 0.0629. The fourth-order valence-electron chi connectivity index (χ4n) is 2.90. The van der Waals surface area contributed by atoms with Crippen molar-refractivity contribution in [3.63, 3.8) is 0 Å². The first kappa shape index (κ1) is 18.1. The minimum atomic E-state index is 0.0629. The molecule has 3 N–H and O–H groups in total. The van der Waals surface area contributed by atoms with Gasteiger partial charge in [0.2, 0.25) is 0 Å². The molecule has 3 heteroatoms. The summed E-state index contributed by atoms with van der Waals surface area (Å²) < 4.78 is 0. The first-order chi connectivity index (χ1) is 9.86. The molecule has 1 aliphatic rings. The molecule has 0 spiro atoms. The standard InChI is InChI=1S/C18H35N3/c1-7-14(4)12-20-15(5)18-9-8-10-21(18)16(6)17(19)11-13(2)3/h13-14,17-18,20H,5-12,19H2,1-4H3. The van der Waals surface area contributed by atoms with Crippen molar-refractivity contribution in [3.05, 3.63) is 24.6 Å². The molecule has 3 nitrogen and oxygen atoms in total. The van der Waals surface area contributed by atoms with Gasteiger partial charge in [-0.25, -0.2) is 0 Å². The van der Waals surface area contributed by atoms with Crippen LogP contribution < -0.4 is 11.1 Å². The van der Waals surface area contributed by atoms with E-state index in [0.29, 0.717) is 17.9 Å². The van der Waals surface area contributed by atoms with E-state index in [4.69, 9.17) is 5.73 Å². The lowest BCUT2D eigenvalue weighted by Gasteiger charge is -2.34. The van der Waals surface area contributed by atoms with Gasteiger partial charge in [-0.2, -0.15) is 0 Å². The van der Waals surface area contributed by atoms with Gasteiger partial charge < -0.3 is 16.0 Å². The van der Waals surface area contributed by atoms with E-state index in [1.165, 1.54) is 12.8 Å². The van der Waals surface area contributed by atoms with Crippen LogP contribution in [0.1, 0.15) is 53.4 Å². The van der Waals surface area contributed by atoms with E-state index in [-0.39, 0.29) is 6.04 Å². The SMILES string of the molecule is C=C(NCC(C)CC)C1CCCN1C(=C)C(N)CC(C)C. The van der Waals surface area contributed by atoms with Crippen molar-refractivity contribution in [3.8, 4) is 0 Å². The third kappa shape index (κ3) is 5.39. The van der Waals surface area contributed by atoms with E-state index < -0.39 is 0 Å². The highest BCUT2D eigenvalue weighted by Crippen LogP contribution is 2.27. The van der Waals surface area contributed by atoms with Gasteiger partial charge in [-0.15, -0.1) is 0 Å². The lowest BCUT2D eigenvalue weighted by Crippen LogP contribution is -2.41.